The standard InChI is InChI=1S/C23H23N3O3/c1-17-7-6-9-19(15-17)24-13-14-25-21-11-4-2-8-18(21)16-29-23(25)20-10-3-5-12-22(20)26(27)28/h2-12,15,23-24H,13-14,16H2,1H3. The molecule has 0 bridgehead atoms. The minimum atomic E-state index is -0.509. The highest BCUT2D eigenvalue weighted by atomic mass is 16.6. The van der Waals surface area contributed by atoms with E-state index in [2.05, 4.69) is 29.3 Å². The molecule has 3 aromatic rings. The number of para-hydroxylation sites is 2. The van der Waals surface area contributed by atoms with Gasteiger partial charge in [-0.3, -0.25) is 10.1 Å². The van der Waals surface area contributed by atoms with Gasteiger partial charge in [-0.1, -0.05) is 42.5 Å². The lowest BCUT2D eigenvalue weighted by Gasteiger charge is -2.38. The first kappa shape index (κ1) is 19.0. The van der Waals surface area contributed by atoms with E-state index >= 15 is 0 Å². The molecule has 1 unspecified atom stereocenters. The van der Waals surface area contributed by atoms with Crippen molar-refractivity contribution in [1.82, 2.24) is 0 Å². The predicted octanol–water partition coefficient (Wildman–Crippen LogP) is 5.05. The maximum atomic E-state index is 11.6. The number of benzene rings is 3. The third-order valence-electron chi connectivity index (χ3n) is 5.08. The molecule has 0 radical (unpaired) electrons. The molecule has 3 aromatic carbocycles. The monoisotopic (exact) mass is 389 g/mol. The molecule has 1 heterocycles. The number of hydrogen-bond donors (Lipinski definition) is 1. The van der Waals surface area contributed by atoms with Gasteiger partial charge in [0.05, 0.1) is 17.1 Å². The lowest BCUT2D eigenvalue weighted by Crippen LogP contribution is -2.38. The largest absolute Gasteiger partial charge is 0.383 e. The SMILES string of the molecule is Cc1cccc(NCCN2c3ccccc3COC2c2ccccc2[N+](=O)[O-])c1. The van der Waals surface area contributed by atoms with Crippen molar-refractivity contribution in [2.24, 2.45) is 0 Å². The quantitative estimate of drug-likeness (QED) is 0.472. The molecule has 6 nitrogen and oxygen atoms in total. The molecular formula is C23H23N3O3. The Kier molecular flexibility index (Phi) is 5.44. The van der Waals surface area contributed by atoms with Gasteiger partial charge in [0.1, 0.15) is 0 Å². The maximum Gasteiger partial charge on any atom is 0.277 e. The van der Waals surface area contributed by atoms with Crippen molar-refractivity contribution in [2.45, 2.75) is 19.8 Å². The highest BCUT2D eigenvalue weighted by Gasteiger charge is 2.32. The molecule has 0 fully saturated rings. The van der Waals surface area contributed by atoms with E-state index in [9.17, 15) is 10.1 Å². The average Bonchev–Trinajstić information content (AvgIpc) is 2.74. The number of nitrogens with zero attached hydrogens (tertiary/aromatic N) is 2. The van der Waals surface area contributed by atoms with Gasteiger partial charge in [0.15, 0.2) is 6.23 Å². The van der Waals surface area contributed by atoms with Crippen molar-refractivity contribution in [3.8, 4) is 0 Å². The summed E-state index contributed by atoms with van der Waals surface area (Å²) in [6.07, 6.45) is -0.509. The van der Waals surface area contributed by atoms with Crippen molar-refractivity contribution < 1.29 is 9.66 Å². The summed E-state index contributed by atoms with van der Waals surface area (Å²) in [5, 5.41) is 15.0. The zero-order valence-electron chi connectivity index (χ0n) is 16.2. The summed E-state index contributed by atoms with van der Waals surface area (Å²) < 4.78 is 6.11. The van der Waals surface area contributed by atoms with Gasteiger partial charge in [-0.2, -0.15) is 0 Å². The molecule has 1 aliphatic rings. The molecule has 148 valence electrons. The van der Waals surface area contributed by atoms with Gasteiger partial charge in [0.25, 0.3) is 5.69 Å². The smallest absolute Gasteiger partial charge is 0.277 e. The van der Waals surface area contributed by atoms with Gasteiger partial charge in [0, 0.05) is 36.1 Å². The van der Waals surface area contributed by atoms with Gasteiger partial charge in [-0.25, -0.2) is 0 Å². The number of nitro groups is 1. The summed E-state index contributed by atoms with van der Waals surface area (Å²) in [6, 6.07) is 23.1. The summed E-state index contributed by atoms with van der Waals surface area (Å²) in [6.45, 7) is 3.80. The molecule has 0 aromatic heterocycles. The first-order valence-electron chi connectivity index (χ1n) is 9.63. The Morgan fingerprint density at radius 3 is 2.72 bits per heavy atom. The summed E-state index contributed by atoms with van der Waals surface area (Å²) in [7, 11) is 0. The zero-order valence-corrected chi connectivity index (χ0v) is 16.2. The summed E-state index contributed by atoms with van der Waals surface area (Å²) in [4.78, 5) is 13.3. The molecule has 1 N–H and O–H groups in total. The molecule has 0 saturated carbocycles. The maximum absolute atomic E-state index is 11.6. The first-order chi connectivity index (χ1) is 14.1. The van der Waals surface area contributed by atoms with Gasteiger partial charge in [0.2, 0.25) is 0 Å². The van der Waals surface area contributed by atoms with Crippen LogP contribution in [0.25, 0.3) is 0 Å². The number of nitrogens with one attached hydrogen (secondary N) is 1. The van der Waals surface area contributed by atoms with Crippen LogP contribution < -0.4 is 10.2 Å². The topological polar surface area (TPSA) is 67.6 Å². The van der Waals surface area contributed by atoms with Gasteiger partial charge in [-0.05, 0) is 36.8 Å². The van der Waals surface area contributed by atoms with Gasteiger partial charge in [-0.15, -0.1) is 0 Å². The molecule has 6 heteroatoms. The van der Waals surface area contributed by atoms with Crippen molar-refractivity contribution in [3.63, 3.8) is 0 Å². The number of ether oxygens (including phenoxy) is 1. The Morgan fingerprint density at radius 1 is 1.10 bits per heavy atom. The Hall–Kier alpha value is -3.38. The van der Waals surface area contributed by atoms with Crippen LogP contribution in [0.3, 0.4) is 0 Å². The fourth-order valence-electron chi connectivity index (χ4n) is 3.73. The van der Waals surface area contributed by atoms with Crippen LogP contribution in [-0.2, 0) is 11.3 Å². The van der Waals surface area contributed by atoms with E-state index in [0.717, 1.165) is 16.9 Å². The minimum Gasteiger partial charge on any atom is -0.383 e. The molecule has 0 amide bonds. The first-order valence-corrected chi connectivity index (χ1v) is 9.63. The van der Waals surface area contributed by atoms with Gasteiger partial charge >= 0.3 is 0 Å². The van der Waals surface area contributed by atoms with Crippen LogP contribution >= 0.6 is 0 Å². The van der Waals surface area contributed by atoms with E-state index in [1.54, 1.807) is 12.1 Å². The van der Waals surface area contributed by atoms with Crippen molar-refractivity contribution in [1.29, 1.82) is 0 Å². The highest BCUT2D eigenvalue weighted by molar-refractivity contribution is 5.58. The van der Waals surface area contributed by atoms with Crippen LogP contribution in [0.15, 0.2) is 72.8 Å². The molecule has 1 aliphatic heterocycles. The van der Waals surface area contributed by atoms with Crippen LogP contribution in [0.1, 0.15) is 22.9 Å². The van der Waals surface area contributed by atoms with Crippen molar-refractivity contribution in [3.05, 3.63) is 99.6 Å². The number of hydrogen-bond acceptors (Lipinski definition) is 5. The second-order valence-electron chi connectivity index (χ2n) is 7.10. The number of rotatable bonds is 6. The summed E-state index contributed by atoms with van der Waals surface area (Å²) >= 11 is 0. The molecular weight excluding hydrogens is 366 g/mol. The van der Waals surface area contributed by atoms with Crippen LogP contribution in [0.4, 0.5) is 17.1 Å². The molecule has 29 heavy (non-hydrogen) atoms. The summed E-state index contributed by atoms with van der Waals surface area (Å²) in [5.74, 6) is 0. The Balaban J connectivity index is 1.62. The van der Waals surface area contributed by atoms with Crippen LogP contribution in [0.5, 0.6) is 0 Å². The third-order valence-corrected chi connectivity index (χ3v) is 5.08. The molecule has 0 aliphatic carbocycles. The second-order valence-corrected chi connectivity index (χ2v) is 7.10. The normalized spacial score (nSPS) is 15.6. The number of anilines is 2. The fraction of sp³-hybridized carbons (Fsp3) is 0.217. The molecule has 0 saturated heterocycles. The number of nitro benzene ring substituents is 1. The second kappa shape index (κ2) is 8.32. The Bertz CT molecular complexity index is 1020. The van der Waals surface area contributed by atoms with Crippen molar-refractivity contribution in [2.75, 3.05) is 23.3 Å². The lowest BCUT2D eigenvalue weighted by atomic mass is 10.1. The molecule has 0 spiro atoms. The third kappa shape index (κ3) is 4.07. The van der Waals surface area contributed by atoms with E-state index in [0.29, 0.717) is 25.3 Å². The van der Waals surface area contributed by atoms with Crippen molar-refractivity contribution >= 4 is 17.1 Å². The van der Waals surface area contributed by atoms with Crippen LogP contribution in [-0.4, -0.2) is 18.0 Å². The molecule has 4 rings (SSSR count). The highest BCUT2D eigenvalue weighted by Crippen LogP contribution is 2.39. The van der Waals surface area contributed by atoms with Crippen LogP contribution in [0, 0.1) is 17.0 Å². The zero-order chi connectivity index (χ0) is 20.2. The fourth-order valence-corrected chi connectivity index (χ4v) is 3.73. The minimum absolute atomic E-state index is 0.0773. The number of fused-ring (bicyclic) bond motifs is 1. The summed E-state index contributed by atoms with van der Waals surface area (Å²) in [5.41, 5.74) is 5.03. The van der Waals surface area contributed by atoms with E-state index in [4.69, 9.17) is 4.74 Å². The van der Waals surface area contributed by atoms with E-state index in [1.807, 2.05) is 42.5 Å². The predicted molar refractivity (Wildman–Crippen MR) is 114 cm³/mol. The van der Waals surface area contributed by atoms with Crippen LogP contribution in [0.2, 0.25) is 0 Å². The van der Waals surface area contributed by atoms with E-state index in [-0.39, 0.29) is 10.6 Å². The molecule has 1 atom stereocenters. The Morgan fingerprint density at radius 2 is 1.90 bits per heavy atom. The average molecular weight is 389 g/mol. The van der Waals surface area contributed by atoms with Gasteiger partial charge < -0.3 is 15.0 Å². The van der Waals surface area contributed by atoms with E-state index < -0.39 is 6.23 Å². The lowest BCUT2D eigenvalue weighted by molar-refractivity contribution is -0.386. The number of aryl methyl sites for hydroxylation is 1. The Labute approximate surface area is 169 Å². The van der Waals surface area contributed by atoms with E-state index in [1.165, 1.54) is 11.6 Å².